The van der Waals surface area contributed by atoms with Gasteiger partial charge in [-0.1, -0.05) is 27.2 Å². The van der Waals surface area contributed by atoms with Gasteiger partial charge in [0.2, 0.25) is 0 Å². The van der Waals surface area contributed by atoms with E-state index in [1.54, 1.807) is 6.92 Å². The molecule has 1 amide bonds. The number of methoxy groups -OCH3 is 1. The first-order chi connectivity index (χ1) is 11.3. The normalized spacial score (nSPS) is 13.3. The number of benzene rings is 1. The van der Waals surface area contributed by atoms with Crippen LogP contribution in [0.15, 0.2) is 28.7 Å². The van der Waals surface area contributed by atoms with Gasteiger partial charge in [-0.05, 0) is 32.0 Å². The molecule has 128 valence electrons. The van der Waals surface area contributed by atoms with Crippen LogP contribution in [0.2, 0.25) is 0 Å². The van der Waals surface area contributed by atoms with Crippen molar-refractivity contribution in [1.82, 2.24) is 20.3 Å². The zero-order valence-corrected chi connectivity index (χ0v) is 15.0. The number of nitrogens with zero attached hydrogens (tertiary/aromatic N) is 3. The summed E-state index contributed by atoms with van der Waals surface area (Å²) in [4.78, 5) is 23.8. The van der Waals surface area contributed by atoms with E-state index < -0.39 is 17.4 Å². The Hall–Kier alpha value is -2.26. The standard InChI is InChI=1S/C15H17BrN4O4/c1-9-12(13(21)17-15(2,8-24-3)14(22)23)18-19-20(9)11-6-4-5-10(16)7-11/h4-7H,8H2,1-3H3,(H,17,21)(H,22,23). The number of carboxylic acids is 1. The third-order valence-electron chi connectivity index (χ3n) is 3.46. The van der Waals surface area contributed by atoms with E-state index in [-0.39, 0.29) is 12.3 Å². The van der Waals surface area contributed by atoms with E-state index in [1.807, 2.05) is 24.3 Å². The summed E-state index contributed by atoms with van der Waals surface area (Å²) in [6.45, 7) is 2.88. The maximum atomic E-state index is 12.4. The van der Waals surface area contributed by atoms with Gasteiger partial charge in [-0.2, -0.15) is 0 Å². The molecule has 1 heterocycles. The van der Waals surface area contributed by atoms with Crippen molar-refractivity contribution in [2.24, 2.45) is 0 Å². The van der Waals surface area contributed by atoms with Crippen LogP contribution >= 0.6 is 15.9 Å². The fourth-order valence-electron chi connectivity index (χ4n) is 2.14. The molecule has 2 N–H and O–H groups in total. The van der Waals surface area contributed by atoms with E-state index in [4.69, 9.17) is 4.74 Å². The molecule has 24 heavy (non-hydrogen) atoms. The lowest BCUT2D eigenvalue weighted by atomic mass is 10.0. The van der Waals surface area contributed by atoms with Crippen LogP contribution in [-0.4, -0.2) is 51.2 Å². The number of amides is 1. The Bertz CT molecular complexity index is 777. The lowest BCUT2D eigenvalue weighted by Gasteiger charge is -2.24. The van der Waals surface area contributed by atoms with E-state index in [0.717, 1.165) is 10.2 Å². The van der Waals surface area contributed by atoms with Crippen LogP contribution < -0.4 is 5.32 Å². The fraction of sp³-hybridized carbons (Fsp3) is 0.333. The molecule has 0 aliphatic rings. The average molecular weight is 397 g/mol. The molecular formula is C15H17BrN4O4. The van der Waals surface area contributed by atoms with Crippen molar-refractivity contribution < 1.29 is 19.4 Å². The molecule has 9 heteroatoms. The summed E-state index contributed by atoms with van der Waals surface area (Å²) in [6, 6.07) is 7.35. The Morgan fingerprint density at radius 3 is 2.75 bits per heavy atom. The minimum atomic E-state index is -1.56. The van der Waals surface area contributed by atoms with E-state index in [2.05, 4.69) is 31.6 Å². The summed E-state index contributed by atoms with van der Waals surface area (Å²) < 4.78 is 7.25. The highest BCUT2D eigenvalue weighted by molar-refractivity contribution is 9.10. The number of carbonyl (C=O) groups is 2. The lowest BCUT2D eigenvalue weighted by Crippen LogP contribution is -2.55. The van der Waals surface area contributed by atoms with Crippen LogP contribution in [0.3, 0.4) is 0 Å². The number of carbonyl (C=O) groups excluding carboxylic acids is 1. The number of aliphatic carboxylic acids is 1. The molecule has 0 radical (unpaired) electrons. The van der Waals surface area contributed by atoms with E-state index in [0.29, 0.717) is 5.69 Å². The molecule has 2 aromatic rings. The average Bonchev–Trinajstić information content (AvgIpc) is 2.89. The molecule has 1 aromatic heterocycles. The molecule has 0 spiro atoms. The topological polar surface area (TPSA) is 106 Å². The Morgan fingerprint density at radius 1 is 1.46 bits per heavy atom. The summed E-state index contributed by atoms with van der Waals surface area (Å²) in [5.74, 6) is -1.83. The zero-order valence-electron chi connectivity index (χ0n) is 13.4. The summed E-state index contributed by atoms with van der Waals surface area (Å²) >= 11 is 3.37. The van der Waals surface area contributed by atoms with E-state index >= 15 is 0 Å². The number of ether oxygens (including phenoxy) is 1. The molecule has 1 unspecified atom stereocenters. The molecular weight excluding hydrogens is 380 g/mol. The molecule has 0 aliphatic carbocycles. The number of nitrogens with one attached hydrogen (secondary N) is 1. The SMILES string of the molecule is COCC(C)(NC(=O)c1nnn(-c2cccc(Br)c2)c1C)C(=O)O. The third-order valence-corrected chi connectivity index (χ3v) is 3.95. The Morgan fingerprint density at radius 2 is 2.17 bits per heavy atom. The van der Waals surface area contributed by atoms with Crippen molar-refractivity contribution in [3.05, 3.63) is 40.1 Å². The van der Waals surface area contributed by atoms with Crippen LogP contribution in [0.5, 0.6) is 0 Å². The summed E-state index contributed by atoms with van der Waals surface area (Å²) in [7, 11) is 1.36. The Labute approximate surface area is 146 Å². The van der Waals surface area contributed by atoms with Crippen molar-refractivity contribution in [3.8, 4) is 5.69 Å². The summed E-state index contributed by atoms with van der Waals surface area (Å²) in [6.07, 6.45) is 0. The molecule has 0 saturated heterocycles. The minimum Gasteiger partial charge on any atom is -0.479 e. The molecule has 8 nitrogen and oxygen atoms in total. The molecule has 0 saturated carbocycles. The van der Waals surface area contributed by atoms with Crippen molar-refractivity contribution >= 4 is 27.8 Å². The fourth-order valence-corrected chi connectivity index (χ4v) is 2.53. The number of carboxylic acid groups (broad SMARTS) is 1. The molecule has 2 rings (SSSR count). The minimum absolute atomic E-state index is 0.0542. The lowest BCUT2D eigenvalue weighted by molar-refractivity contribution is -0.145. The first kappa shape index (κ1) is 18.1. The number of hydrogen-bond donors (Lipinski definition) is 2. The Balaban J connectivity index is 2.30. The number of aromatic nitrogens is 3. The van der Waals surface area contributed by atoms with Gasteiger partial charge in [0.05, 0.1) is 18.0 Å². The van der Waals surface area contributed by atoms with Gasteiger partial charge in [-0.25, -0.2) is 9.48 Å². The zero-order chi connectivity index (χ0) is 17.9. The van der Waals surface area contributed by atoms with Gasteiger partial charge in [0.25, 0.3) is 5.91 Å². The smallest absolute Gasteiger partial charge is 0.331 e. The molecule has 0 bridgehead atoms. The Kier molecular flexibility index (Phi) is 5.35. The summed E-state index contributed by atoms with van der Waals surface area (Å²) in [5, 5.41) is 19.6. The van der Waals surface area contributed by atoms with Crippen molar-refractivity contribution in [3.63, 3.8) is 0 Å². The predicted octanol–water partition coefficient (Wildman–Crippen LogP) is 1.56. The van der Waals surface area contributed by atoms with Crippen LogP contribution in [0.4, 0.5) is 0 Å². The van der Waals surface area contributed by atoms with E-state index in [1.165, 1.54) is 18.7 Å². The van der Waals surface area contributed by atoms with Crippen LogP contribution in [0, 0.1) is 6.92 Å². The van der Waals surface area contributed by atoms with Gasteiger partial charge in [-0.15, -0.1) is 5.10 Å². The molecule has 0 aliphatic heterocycles. The van der Waals surface area contributed by atoms with Crippen molar-refractivity contribution in [1.29, 1.82) is 0 Å². The molecule has 1 atom stereocenters. The number of halogens is 1. The van der Waals surface area contributed by atoms with Crippen molar-refractivity contribution in [2.45, 2.75) is 19.4 Å². The van der Waals surface area contributed by atoms with Gasteiger partial charge < -0.3 is 15.2 Å². The second kappa shape index (κ2) is 7.10. The van der Waals surface area contributed by atoms with Gasteiger partial charge in [0.1, 0.15) is 0 Å². The van der Waals surface area contributed by atoms with Crippen LogP contribution in [0.25, 0.3) is 5.69 Å². The number of rotatable bonds is 6. The predicted molar refractivity (Wildman–Crippen MR) is 89.2 cm³/mol. The first-order valence-electron chi connectivity index (χ1n) is 7.01. The second-order valence-corrected chi connectivity index (χ2v) is 6.36. The molecule has 1 aromatic carbocycles. The molecule has 0 fully saturated rings. The van der Waals surface area contributed by atoms with Gasteiger partial charge >= 0.3 is 5.97 Å². The van der Waals surface area contributed by atoms with E-state index in [9.17, 15) is 14.7 Å². The van der Waals surface area contributed by atoms with Gasteiger partial charge in [-0.3, -0.25) is 4.79 Å². The first-order valence-corrected chi connectivity index (χ1v) is 7.81. The van der Waals surface area contributed by atoms with Gasteiger partial charge in [0.15, 0.2) is 11.2 Å². The van der Waals surface area contributed by atoms with Crippen LogP contribution in [-0.2, 0) is 9.53 Å². The maximum Gasteiger partial charge on any atom is 0.331 e. The quantitative estimate of drug-likeness (QED) is 0.766. The highest BCUT2D eigenvalue weighted by atomic mass is 79.9. The summed E-state index contributed by atoms with van der Waals surface area (Å²) in [5.41, 5.74) is -0.279. The highest BCUT2D eigenvalue weighted by Crippen LogP contribution is 2.17. The largest absolute Gasteiger partial charge is 0.479 e. The second-order valence-electron chi connectivity index (χ2n) is 5.44. The van der Waals surface area contributed by atoms with Crippen molar-refractivity contribution in [2.75, 3.05) is 13.7 Å². The maximum absolute atomic E-state index is 12.4. The monoisotopic (exact) mass is 396 g/mol. The van der Waals surface area contributed by atoms with Gasteiger partial charge in [0, 0.05) is 11.6 Å². The number of hydrogen-bond acceptors (Lipinski definition) is 5. The highest BCUT2D eigenvalue weighted by Gasteiger charge is 2.36. The van der Waals surface area contributed by atoms with Crippen LogP contribution in [0.1, 0.15) is 23.1 Å². The third kappa shape index (κ3) is 3.62.